The number of carbonyl (C=O) groups is 1. The number of aromatic nitrogens is 2. The van der Waals surface area contributed by atoms with Gasteiger partial charge < -0.3 is 5.11 Å². The summed E-state index contributed by atoms with van der Waals surface area (Å²) in [5, 5.41) is 8.95. The van der Waals surface area contributed by atoms with Crippen LogP contribution in [-0.2, 0) is 17.8 Å². The fourth-order valence-electron chi connectivity index (χ4n) is 2.57. The van der Waals surface area contributed by atoms with Crippen molar-refractivity contribution >= 4 is 5.97 Å². The van der Waals surface area contributed by atoms with Crippen molar-refractivity contribution in [1.82, 2.24) is 9.55 Å². The van der Waals surface area contributed by atoms with Gasteiger partial charge in [-0.25, -0.2) is 4.79 Å². The summed E-state index contributed by atoms with van der Waals surface area (Å²) in [6.07, 6.45) is 3.24. The fourth-order valence-corrected chi connectivity index (χ4v) is 2.57. The van der Waals surface area contributed by atoms with Gasteiger partial charge in [0.25, 0.3) is 0 Å². The summed E-state index contributed by atoms with van der Waals surface area (Å²) in [4.78, 5) is 26.9. The highest BCUT2D eigenvalue weighted by molar-refractivity contribution is 5.70. The number of hydrogen-bond acceptors (Lipinski definition) is 3. The van der Waals surface area contributed by atoms with Crippen molar-refractivity contribution in [3.05, 3.63) is 27.4 Å². The first kappa shape index (κ1) is 13.8. The highest BCUT2D eigenvalue weighted by Gasteiger charge is 2.41. The summed E-state index contributed by atoms with van der Waals surface area (Å²) in [5.74, 6) is -0.894. The van der Waals surface area contributed by atoms with Crippen LogP contribution in [0, 0.1) is 19.3 Å². The summed E-state index contributed by atoms with van der Waals surface area (Å²) in [5.41, 5.74) is 1.91. The lowest BCUT2D eigenvalue weighted by Gasteiger charge is -2.19. The van der Waals surface area contributed by atoms with Gasteiger partial charge in [0.2, 0.25) is 0 Å². The molecule has 19 heavy (non-hydrogen) atoms. The van der Waals surface area contributed by atoms with Gasteiger partial charge in [0.05, 0.1) is 6.42 Å². The second-order valence-electron chi connectivity index (χ2n) is 5.55. The number of carboxylic acid groups (broad SMARTS) is 1. The summed E-state index contributed by atoms with van der Waals surface area (Å²) >= 11 is 0. The Balaban J connectivity index is 2.43. The van der Waals surface area contributed by atoms with E-state index in [9.17, 15) is 9.59 Å². The van der Waals surface area contributed by atoms with Crippen LogP contribution in [0.1, 0.15) is 43.1 Å². The molecule has 1 heterocycles. The van der Waals surface area contributed by atoms with Gasteiger partial charge in [-0.05, 0) is 38.5 Å². The molecule has 2 rings (SSSR count). The van der Waals surface area contributed by atoms with Gasteiger partial charge in [0, 0.05) is 23.5 Å². The maximum Gasteiger partial charge on any atom is 0.347 e. The summed E-state index contributed by atoms with van der Waals surface area (Å²) in [6, 6.07) is 0. The van der Waals surface area contributed by atoms with E-state index in [2.05, 4.69) is 11.9 Å². The predicted molar refractivity (Wildman–Crippen MR) is 71.3 cm³/mol. The van der Waals surface area contributed by atoms with Crippen molar-refractivity contribution in [3.63, 3.8) is 0 Å². The Labute approximate surface area is 112 Å². The third-order valence-corrected chi connectivity index (χ3v) is 4.30. The molecule has 5 heteroatoms. The normalized spacial score (nSPS) is 16.4. The zero-order valence-electron chi connectivity index (χ0n) is 11.7. The highest BCUT2D eigenvalue weighted by Crippen LogP contribution is 2.49. The van der Waals surface area contributed by atoms with Gasteiger partial charge in [0.1, 0.15) is 0 Å². The molecule has 1 aliphatic carbocycles. The second kappa shape index (κ2) is 4.79. The summed E-state index contributed by atoms with van der Waals surface area (Å²) < 4.78 is 1.65. The molecule has 0 radical (unpaired) electrons. The van der Waals surface area contributed by atoms with Crippen molar-refractivity contribution in [3.8, 4) is 0 Å². The zero-order valence-corrected chi connectivity index (χ0v) is 11.7. The summed E-state index contributed by atoms with van der Waals surface area (Å²) in [7, 11) is 0. The molecular formula is C14H20N2O3. The van der Waals surface area contributed by atoms with Crippen LogP contribution in [0.25, 0.3) is 0 Å². The first-order valence-corrected chi connectivity index (χ1v) is 6.67. The molecule has 1 aromatic heterocycles. The monoisotopic (exact) mass is 264 g/mol. The molecule has 1 saturated carbocycles. The van der Waals surface area contributed by atoms with E-state index in [1.807, 2.05) is 6.92 Å². The molecule has 0 spiro atoms. The van der Waals surface area contributed by atoms with Crippen molar-refractivity contribution < 1.29 is 9.90 Å². The van der Waals surface area contributed by atoms with Crippen LogP contribution in [0.4, 0.5) is 0 Å². The standard InChI is InChI=1S/C14H20N2O3/c1-4-14(5-6-14)8-16-10(3)11(7-12(17)18)9(2)15-13(16)19/h4-8H2,1-3H3,(H,17,18). The zero-order chi connectivity index (χ0) is 14.2. The molecule has 0 bridgehead atoms. The van der Waals surface area contributed by atoms with Gasteiger partial charge >= 0.3 is 11.7 Å². The van der Waals surface area contributed by atoms with E-state index in [1.165, 1.54) is 0 Å². The Bertz CT molecular complexity index is 571. The molecule has 1 fully saturated rings. The first-order valence-electron chi connectivity index (χ1n) is 6.67. The van der Waals surface area contributed by atoms with E-state index < -0.39 is 5.97 Å². The maximum atomic E-state index is 12.0. The molecule has 0 aromatic carbocycles. The minimum atomic E-state index is -0.894. The third kappa shape index (κ3) is 2.69. The van der Waals surface area contributed by atoms with Gasteiger partial charge in [-0.3, -0.25) is 9.36 Å². The third-order valence-electron chi connectivity index (χ3n) is 4.30. The summed E-state index contributed by atoms with van der Waals surface area (Å²) in [6.45, 7) is 6.31. The number of hydrogen-bond donors (Lipinski definition) is 1. The molecule has 0 atom stereocenters. The highest BCUT2D eigenvalue weighted by atomic mass is 16.4. The molecule has 1 N–H and O–H groups in total. The number of nitrogens with zero attached hydrogens (tertiary/aromatic N) is 2. The molecule has 0 saturated heterocycles. The molecule has 1 aromatic rings. The van der Waals surface area contributed by atoms with E-state index in [1.54, 1.807) is 11.5 Å². The lowest BCUT2D eigenvalue weighted by atomic mass is 10.0. The Morgan fingerprint density at radius 1 is 1.42 bits per heavy atom. The topological polar surface area (TPSA) is 72.2 Å². The molecule has 5 nitrogen and oxygen atoms in total. The number of aryl methyl sites for hydroxylation is 1. The molecule has 1 aliphatic rings. The van der Waals surface area contributed by atoms with E-state index in [4.69, 9.17) is 5.11 Å². The van der Waals surface area contributed by atoms with Crippen LogP contribution in [0.3, 0.4) is 0 Å². The van der Waals surface area contributed by atoms with Gasteiger partial charge in [-0.2, -0.15) is 4.98 Å². The number of rotatable bonds is 5. The van der Waals surface area contributed by atoms with Crippen LogP contribution in [-0.4, -0.2) is 20.6 Å². The predicted octanol–water partition coefficient (Wildman–Crippen LogP) is 1.68. The lowest BCUT2D eigenvalue weighted by Crippen LogP contribution is -2.31. The Kier molecular flexibility index (Phi) is 3.47. The number of aliphatic carboxylic acids is 1. The minimum Gasteiger partial charge on any atom is -0.481 e. The average Bonchev–Trinajstić information content (AvgIpc) is 3.10. The van der Waals surface area contributed by atoms with E-state index in [0.717, 1.165) is 25.0 Å². The lowest BCUT2D eigenvalue weighted by molar-refractivity contribution is -0.136. The fraction of sp³-hybridized carbons (Fsp3) is 0.643. The minimum absolute atomic E-state index is 0.0793. The smallest absolute Gasteiger partial charge is 0.347 e. The molecular weight excluding hydrogens is 244 g/mol. The quantitative estimate of drug-likeness (QED) is 0.878. The van der Waals surface area contributed by atoms with Crippen molar-refractivity contribution in [2.75, 3.05) is 0 Å². The Morgan fingerprint density at radius 2 is 2.05 bits per heavy atom. The Morgan fingerprint density at radius 3 is 2.53 bits per heavy atom. The molecule has 0 unspecified atom stereocenters. The largest absolute Gasteiger partial charge is 0.481 e. The van der Waals surface area contributed by atoms with E-state index in [-0.39, 0.29) is 17.5 Å². The number of carboxylic acids is 1. The SMILES string of the molecule is CCC1(Cn2c(C)c(CC(=O)O)c(C)nc2=O)CC1. The maximum absolute atomic E-state index is 12.0. The van der Waals surface area contributed by atoms with Crippen molar-refractivity contribution in [2.45, 2.75) is 53.0 Å². The van der Waals surface area contributed by atoms with Crippen LogP contribution in [0.15, 0.2) is 4.79 Å². The van der Waals surface area contributed by atoms with Gasteiger partial charge in [0.15, 0.2) is 0 Å². The van der Waals surface area contributed by atoms with Crippen LogP contribution >= 0.6 is 0 Å². The van der Waals surface area contributed by atoms with Crippen LogP contribution in [0.2, 0.25) is 0 Å². The average molecular weight is 264 g/mol. The van der Waals surface area contributed by atoms with E-state index >= 15 is 0 Å². The molecule has 104 valence electrons. The first-order chi connectivity index (χ1) is 8.88. The van der Waals surface area contributed by atoms with Crippen molar-refractivity contribution in [1.29, 1.82) is 0 Å². The molecule has 0 aliphatic heterocycles. The van der Waals surface area contributed by atoms with E-state index in [0.29, 0.717) is 17.8 Å². The van der Waals surface area contributed by atoms with Crippen LogP contribution in [0.5, 0.6) is 0 Å². The second-order valence-corrected chi connectivity index (χ2v) is 5.55. The Hall–Kier alpha value is -1.65. The van der Waals surface area contributed by atoms with Gasteiger partial charge in [-0.1, -0.05) is 6.92 Å². The van der Waals surface area contributed by atoms with Gasteiger partial charge in [-0.15, -0.1) is 0 Å². The van der Waals surface area contributed by atoms with Crippen LogP contribution < -0.4 is 5.69 Å². The molecule has 0 amide bonds. The van der Waals surface area contributed by atoms with Crippen molar-refractivity contribution in [2.24, 2.45) is 5.41 Å².